The summed E-state index contributed by atoms with van der Waals surface area (Å²) in [5.74, 6) is 2.24. The van der Waals surface area contributed by atoms with Gasteiger partial charge in [0.15, 0.2) is 17.3 Å². The average molecular weight is 412 g/mol. The van der Waals surface area contributed by atoms with Crippen LogP contribution >= 0.6 is 0 Å². The smallest absolute Gasteiger partial charge is 0.231 e. The van der Waals surface area contributed by atoms with E-state index in [1.165, 1.54) is 29.6 Å². The van der Waals surface area contributed by atoms with Gasteiger partial charge in [0, 0.05) is 24.6 Å². The highest BCUT2D eigenvalue weighted by Gasteiger charge is 2.35. The molecule has 0 N–H and O–H groups in total. The van der Waals surface area contributed by atoms with E-state index in [4.69, 9.17) is 14.2 Å². The van der Waals surface area contributed by atoms with Gasteiger partial charge in [-0.2, -0.15) is 0 Å². The topological polar surface area (TPSA) is 48.0 Å². The summed E-state index contributed by atoms with van der Waals surface area (Å²) in [6.07, 6.45) is 8.69. The maximum absolute atomic E-state index is 13.0. The largest absolute Gasteiger partial charge is 0.492 e. The Labute approximate surface area is 179 Å². The van der Waals surface area contributed by atoms with Crippen molar-refractivity contribution in [3.05, 3.63) is 40.5 Å². The number of methoxy groups -OCH3 is 1. The van der Waals surface area contributed by atoms with Gasteiger partial charge in [0.1, 0.15) is 0 Å². The molecule has 0 amide bonds. The molecule has 1 unspecified atom stereocenters. The fourth-order valence-corrected chi connectivity index (χ4v) is 5.23. The van der Waals surface area contributed by atoms with Gasteiger partial charge >= 0.3 is 0 Å². The van der Waals surface area contributed by atoms with Gasteiger partial charge in [0.2, 0.25) is 12.5 Å². The van der Waals surface area contributed by atoms with Crippen LogP contribution in [0.25, 0.3) is 0 Å². The fraction of sp³-hybridized carbons (Fsp3) is 0.560. The van der Waals surface area contributed by atoms with Crippen LogP contribution in [-0.4, -0.2) is 38.2 Å². The number of ether oxygens (including phenoxy) is 3. The number of carbonyl (C=O) groups is 1. The van der Waals surface area contributed by atoms with Crippen molar-refractivity contribution in [3.63, 3.8) is 0 Å². The average Bonchev–Trinajstić information content (AvgIpc) is 3.16. The molecule has 162 valence electrons. The lowest BCUT2D eigenvalue weighted by molar-refractivity contribution is -0.115. The second-order valence-corrected chi connectivity index (χ2v) is 9.40. The highest BCUT2D eigenvalue weighted by Crippen LogP contribution is 2.50. The van der Waals surface area contributed by atoms with Crippen molar-refractivity contribution in [2.24, 2.45) is 5.41 Å². The molecule has 0 saturated carbocycles. The maximum Gasteiger partial charge on any atom is 0.231 e. The lowest BCUT2D eigenvalue weighted by atomic mass is 9.72. The molecule has 1 aromatic carbocycles. The van der Waals surface area contributed by atoms with E-state index in [0.29, 0.717) is 17.9 Å². The zero-order chi connectivity index (χ0) is 21.5. The Kier molecular flexibility index (Phi) is 5.67. The van der Waals surface area contributed by atoms with Crippen LogP contribution in [0.4, 0.5) is 0 Å². The van der Waals surface area contributed by atoms with Crippen molar-refractivity contribution in [3.8, 4) is 17.2 Å². The zero-order valence-electron chi connectivity index (χ0n) is 18.8. The van der Waals surface area contributed by atoms with E-state index >= 15 is 0 Å². The molecule has 0 radical (unpaired) electrons. The molecule has 4 rings (SSSR count). The number of carbonyl (C=O) groups excluding carboxylic acids is 1. The first kappa shape index (κ1) is 21.0. The minimum absolute atomic E-state index is 0.0372. The van der Waals surface area contributed by atoms with Crippen molar-refractivity contribution in [1.29, 1.82) is 0 Å². The van der Waals surface area contributed by atoms with E-state index in [9.17, 15) is 4.79 Å². The Bertz CT molecular complexity index is 912. The summed E-state index contributed by atoms with van der Waals surface area (Å²) < 4.78 is 17.0. The molecule has 2 aliphatic heterocycles. The van der Waals surface area contributed by atoms with Crippen LogP contribution in [0.15, 0.2) is 29.4 Å². The Balaban J connectivity index is 1.61. The van der Waals surface area contributed by atoms with Crippen LogP contribution in [0.2, 0.25) is 0 Å². The van der Waals surface area contributed by atoms with Crippen LogP contribution in [0.5, 0.6) is 17.2 Å². The number of ketones is 1. The van der Waals surface area contributed by atoms with Gasteiger partial charge in [0.25, 0.3) is 0 Å². The molecule has 2 heterocycles. The first-order chi connectivity index (χ1) is 14.3. The predicted molar refractivity (Wildman–Crippen MR) is 117 cm³/mol. The van der Waals surface area contributed by atoms with Gasteiger partial charge in [-0.3, -0.25) is 9.69 Å². The zero-order valence-corrected chi connectivity index (χ0v) is 18.8. The molecular formula is C25H33NO4. The Morgan fingerprint density at radius 1 is 1.33 bits per heavy atom. The van der Waals surface area contributed by atoms with E-state index < -0.39 is 0 Å². The molecule has 0 aromatic heterocycles. The fourth-order valence-electron chi connectivity index (χ4n) is 5.23. The standard InChI is InChI=1S/C25H33NO4/c1-16-7-6-11-25(2,3)19(16)9-8-18(27)14-20-22-17(10-12-26(20)4)13-21-23(24(22)28-5)30-15-29-21/h8-9,13,20H,6-7,10-12,14-15H2,1-5H3. The lowest BCUT2D eigenvalue weighted by Crippen LogP contribution is -2.33. The van der Waals surface area contributed by atoms with Gasteiger partial charge in [-0.25, -0.2) is 0 Å². The number of hydrogen-bond acceptors (Lipinski definition) is 5. The monoisotopic (exact) mass is 411 g/mol. The van der Waals surface area contributed by atoms with Gasteiger partial charge in [-0.05, 0) is 68.3 Å². The molecule has 1 aliphatic carbocycles. The van der Waals surface area contributed by atoms with Gasteiger partial charge in [-0.1, -0.05) is 25.5 Å². The molecular weight excluding hydrogens is 378 g/mol. The summed E-state index contributed by atoms with van der Waals surface area (Å²) in [6, 6.07) is 2.02. The summed E-state index contributed by atoms with van der Waals surface area (Å²) >= 11 is 0. The molecule has 0 saturated heterocycles. The number of allylic oxidation sites excluding steroid dienone is 4. The Morgan fingerprint density at radius 2 is 2.13 bits per heavy atom. The van der Waals surface area contributed by atoms with Gasteiger partial charge in [0.05, 0.1) is 7.11 Å². The Morgan fingerprint density at radius 3 is 2.87 bits per heavy atom. The van der Waals surface area contributed by atoms with Gasteiger partial charge in [-0.15, -0.1) is 0 Å². The second-order valence-electron chi connectivity index (χ2n) is 9.40. The van der Waals surface area contributed by atoms with E-state index in [2.05, 4.69) is 44.9 Å². The molecule has 1 atom stereocenters. The molecule has 1 aromatic rings. The molecule has 5 nitrogen and oxygen atoms in total. The van der Waals surface area contributed by atoms with Crippen LogP contribution in [-0.2, 0) is 11.2 Å². The van der Waals surface area contributed by atoms with E-state index in [1.54, 1.807) is 13.2 Å². The summed E-state index contributed by atoms with van der Waals surface area (Å²) in [5.41, 5.74) is 5.10. The van der Waals surface area contributed by atoms with Crippen molar-refractivity contribution < 1.29 is 19.0 Å². The quantitative estimate of drug-likeness (QED) is 0.639. The summed E-state index contributed by atoms with van der Waals surface area (Å²) in [4.78, 5) is 15.3. The Hall–Kier alpha value is -2.27. The predicted octanol–water partition coefficient (Wildman–Crippen LogP) is 4.99. The molecule has 3 aliphatic rings. The second kappa shape index (κ2) is 8.10. The minimum atomic E-state index is -0.0372. The third kappa shape index (κ3) is 3.76. The number of benzene rings is 1. The summed E-state index contributed by atoms with van der Waals surface area (Å²) in [6.45, 7) is 7.86. The van der Waals surface area contributed by atoms with Crippen molar-refractivity contribution in [2.75, 3.05) is 27.5 Å². The van der Waals surface area contributed by atoms with Crippen molar-refractivity contribution in [1.82, 2.24) is 4.90 Å². The molecule has 0 bridgehead atoms. The lowest BCUT2D eigenvalue weighted by Gasteiger charge is -2.35. The maximum atomic E-state index is 13.0. The van der Waals surface area contributed by atoms with Crippen LogP contribution in [0, 0.1) is 5.41 Å². The highest BCUT2D eigenvalue weighted by molar-refractivity contribution is 5.91. The van der Waals surface area contributed by atoms with Crippen LogP contribution in [0.3, 0.4) is 0 Å². The summed E-state index contributed by atoms with van der Waals surface area (Å²) in [5, 5.41) is 0. The normalized spacial score (nSPS) is 23.0. The number of nitrogens with zero attached hydrogens (tertiary/aromatic N) is 1. The number of fused-ring (bicyclic) bond motifs is 2. The first-order valence-electron chi connectivity index (χ1n) is 10.9. The van der Waals surface area contributed by atoms with Crippen molar-refractivity contribution in [2.45, 2.75) is 58.9 Å². The van der Waals surface area contributed by atoms with E-state index in [0.717, 1.165) is 30.7 Å². The molecule has 0 spiro atoms. The van der Waals surface area contributed by atoms with Gasteiger partial charge < -0.3 is 14.2 Å². The van der Waals surface area contributed by atoms with Crippen LogP contribution in [0.1, 0.15) is 63.6 Å². The van der Waals surface area contributed by atoms with E-state index in [1.807, 2.05) is 0 Å². The van der Waals surface area contributed by atoms with Crippen LogP contribution < -0.4 is 14.2 Å². The first-order valence-corrected chi connectivity index (χ1v) is 10.9. The summed E-state index contributed by atoms with van der Waals surface area (Å²) in [7, 11) is 3.73. The number of rotatable bonds is 5. The van der Waals surface area contributed by atoms with Crippen molar-refractivity contribution >= 4 is 5.78 Å². The SMILES string of the molecule is COc1c2c(cc3c1C(CC(=O)C=CC1=C(C)CCCC1(C)C)N(C)CC3)OCO2. The van der Waals surface area contributed by atoms with E-state index in [-0.39, 0.29) is 24.0 Å². The minimum Gasteiger partial charge on any atom is -0.492 e. The number of hydrogen-bond donors (Lipinski definition) is 0. The highest BCUT2D eigenvalue weighted by atomic mass is 16.7. The third-order valence-electron chi connectivity index (χ3n) is 6.92. The molecule has 0 fully saturated rings. The number of likely N-dealkylation sites (N-methyl/N-ethyl adjacent to an activating group) is 1. The molecule has 5 heteroatoms. The molecule has 30 heavy (non-hydrogen) atoms. The third-order valence-corrected chi connectivity index (χ3v) is 6.92.